The predicted octanol–water partition coefficient (Wildman–Crippen LogP) is 4.67. The molecular weight excluding hydrogens is 408 g/mol. The van der Waals surface area contributed by atoms with E-state index < -0.39 is 23.2 Å². The third-order valence-corrected chi connectivity index (χ3v) is 4.90. The molecule has 2 aromatic heterocycles. The fourth-order valence-corrected chi connectivity index (χ4v) is 3.36. The number of pyridine rings is 2. The number of benzene rings is 1. The molecule has 2 N–H and O–H groups in total. The van der Waals surface area contributed by atoms with E-state index >= 15 is 0 Å². The van der Waals surface area contributed by atoms with Crippen LogP contribution in [0.25, 0.3) is 21.7 Å². The third kappa shape index (κ3) is 5.63. The largest absolute Gasteiger partial charge is 0.465 e. The number of amides is 1. The molecule has 32 heavy (non-hydrogen) atoms. The number of carbonyl (C=O) groups excluding carboxylic acids is 2. The van der Waals surface area contributed by atoms with Gasteiger partial charge in [0.15, 0.2) is 0 Å². The maximum Gasteiger partial charge on any atom is 0.408 e. The number of nitrogens with one attached hydrogen (secondary N) is 2. The molecule has 0 unspecified atom stereocenters. The van der Waals surface area contributed by atoms with E-state index in [9.17, 15) is 9.59 Å². The lowest BCUT2D eigenvalue weighted by Gasteiger charge is -2.28. The van der Waals surface area contributed by atoms with Crippen LogP contribution in [0.15, 0.2) is 36.7 Å². The first-order valence-electron chi connectivity index (χ1n) is 10.5. The van der Waals surface area contributed by atoms with E-state index in [-0.39, 0.29) is 0 Å². The Balaban J connectivity index is 1.81. The van der Waals surface area contributed by atoms with Crippen molar-refractivity contribution in [2.45, 2.75) is 52.2 Å². The average Bonchev–Trinajstić information content (AvgIpc) is 2.70. The molecule has 0 aliphatic heterocycles. The van der Waals surface area contributed by atoms with Gasteiger partial charge in [-0.2, -0.15) is 0 Å². The number of hydrogen-bond acceptors (Lipinski definition) is 7. The number of hydrogen-bond donors (Lipinski definition) is 2. The van der Waals surface area contributed by atoms with Gasteiger partial charge in [0, 0.05) is 40.6 Å². The number of anilines is 1. The van der Waals surface area contributed by atoms with Crippen LogP contribution in [0.4, 0.5) is 10.6 Å². The highest BCUT2D eigenvalue weighted by molar-refractivity contribution is 6.10. The molecule has 8 nitrogen and oxygen atoms in total. The first kappa shape index (κ1) is 23.2. The second-order valence-corrected chi connectivity index (χ2v) is 9.29. The lowest BCUT2D eigenvalue weighted by Crippen LogP contribution is -2.46. The van der Waals surface area contributed by atoms with Crippen molar-refractivity contribution < 1.29 is 19.1 Å². The van der Waals surface area contributed by atoms with Crippen molar-refractivity contribution >= 4 is 39.6 Å². The number of methoxy groups -OCH3 is 1. The van der Waals surface area contributed by atoms with E-state index in [0.717, 1.165) is 16.2 Å². The summed E-state index contributed by atoms with van der Waals surface area (Å²) < 4.78 is 10.2. The Labute approximate surface area is 187 Å². The first-order valence-corrected chi connectivity index (χ1v) is 10.5. The summed E-state index contributed by atoms with van der Waals surface area (Å²) in [7, 11) is 1.35. The van der Waals surface area contributed by atoms with Gasteiger partial charge in [0.2, 0.25) is 0 Å². The van der Waals surface area contributed by atoms with Gasteiger partial charge < -0.3 is 20.1 Å². The normalized spacial score (nSPS) is 11.9. The second-order valence-electron chi connectivity index (χ2n) is 9.29. The van der Waals surface area contributed by atoms with Crippen molar-refractivity contribution in [3.05, 3.63) is 42.2 Å². The summed E-state index contributed by atoms with van der Waals surface area (Å²) in [4.78, 5) is 33.1. The Bertz CT molecular complexity index is 1150. The van der Waals surface area contributed by atoms with Crippen LogP contribution in [0.3, 0.4) is 0 Å². The van der Waals surface area contributed by atoms with Gasteiger partial charge in [-0.05, 0) is 59.2 Å². The lowest BCUT2D eigenvalue weighted by atomic mass is 10.0. The summed E-state index contributed by atoms with van der Waals surface area (Å²) >= 11 is 0. The Morgan fingerprint density at radius 1 is 1.03 bits per heavy atom. The van der Waals surface area contributed by atoms with E-state index in [1.807, 2.05) is 46.8 Å². The standard InChI is InChI=1S/C24H30N4O4/c1-23(2,3)32-22(30)28-24(4,5)10-12-26-20-17-9-11-25-14-18(17)16-8-7-15(21(29)31-6)13-19(16)27-20/h7-9,11,13-14H,10,12H2,1-6H3,(H,26,27)(H,28,30). The number of aromatic nitrogens is 2. The zero-order valence-corrected chi connectivity index (χ0v) is 19.4. The quantitative estimate of drug-likeness (QED) is 0.426. The molecular formula is C24H30N4O4. The molecule has 1 aromatic carbocycles. The summed E-state index contributed by atoms with van der Waals surface area (Å²) in [5.74, 6) is 0.273. The summed E-state index contributed by atoms with van der Waals surface area (Å²) in [6.07, 6.45) is 3.70. The topological polar surface area (TPSA) is 102 Å². The maximum atomic E-state index is 12.1. The number of carbonyl (C=O) groups is 2. The van der Waals surface area contributed by atoms with Crippen LogP contribution in [0.2, 0.25) is 0 Å². The van der Waals surface area contributed by atoms with Crippen LogP contribution in [0, 0.1) is 0 Å². The molecule has 1 amide bonds. The number of rotatable bonds is 6. The van der Waals surface area contributed by atoms with Gasteiger partial charge in [-0.15, -0.1) is 0 Å². The molecule has 8 heteroatoms. The SMILES string of the molecule is COC(=O)c1ccc2c(c1)nc(NCCC(C)(C)NC(=O)OC(C)(C)C)c1ccncc12. The highest BCUT2D eigenvalue weighted by Crippen LogP contribution is 2.29. The Kier molecular flexibility index (Phi) is 6.52. The van der Waals surface area contributed by atoms with Gasteiger partial charge in [0.05, 0.1) is 18.2 Å². The highest BCUT2D eigenvalue weighted by Gasteiger charge is 2.24. The molecule has 0 saturated heterocycles. The van der Waals surface area contributed by atoms with Gasteiger partial charge in [0.1, 0.15) is 11.4 Å². The molecule has 2 heterocycles. The number of fused-ring (bicyclic) bond motifs is 3. The van der Waals surface area contributed by atoms with Gasteiger partial charge in [-0.25, -0.2) is 14.6 Å². The molecule has 0 spiro atoms. The number of esters is 1. The summed E-state index contributed by atoms with van der Waals surface area (Å²) in [5, 5.41) is 9.04. The molecule has 0 bridgehead atoms. The van der Waals surface area contributed by atoms with Crippen molar-refractivity contribution in [2.75, 3.05) is 19.0 Å². The molecule has 0 aliphatic rings. The van der Waals surface area contributed by atoms with Crippen LogP contribution in [0.1, 0.15) is 51.4 Å². The van der Waals surface area contributed by atoms with Crippen LogP contribution >= 0.6 is 0 Å². The van der Waals surface area contributed by atoms with E-state index in [1.165, 1.54) is 7.11 Å². The smallest absolute Gasteiger partial charge is 0.408 e. The van der Waals surface area contributed by atoms with E-state index in [2.05, 4.69) is 15.6 Å². The lowest BCUT2D eigenvalue weighted by molar-refractivity contribution is 0.0469. The highest BCUT2D eigenvalue weighted by atomic mass is 16.6. The van der Waals surface area contributed by atoms with E-state index in [1.54, 1.807) is 24.5 Å². The Morgan fingerprint density at radius 2 is 1.78 bits per heavy atom. The minimum absolute atomic E-state index is 0.413. The minimum atomic E-state index is -0.552. The number of nitrogens with zero attached hydrogens (tertiary/aromatic N) is 2. The summed E-state index contributed by atoms with van der Waals surface area (Å²) in [6.45, 7) is 9.94. The molecule has 0 saturated carbocycles. The van der Waals surface area contributed by atoms with Crippen LogP contribution in [-0.2, 0) is 9.47 Å². The van der Waals surface area contributed by atoms with Crippen LogP contribution in [-0.4, -0.2) is 46.8 Å². The van der Waals surface area contributed by atoms with Crippen LogP contribution in [0.5, 0.6) is 0 Å². The van der Waals surface area contributed by atoms with Gasteiger partial charge in [0.25, 0.3) is 0 Å². The van der Waals surface area contributed by atoms with Gasteiger partial charge >= 0.3 is 12.1 Å². The summed E-state index contributed by atoms with van der Waals surface area (Å²) in [5.41, 5.74) is 0.0665. The van der Waals surface area contributed by atoms with Crippen molar-refractivity contribution in [1.82, 2.24) is 15.3 Å². The van der Waals surface area contributed by atoms with Gasteiger partial charge in [-0.3, -0.25) is 4.98 Å². The molecule has 0 aliphatic carbocycles. The second kappa shape index (κ2) is 8.98. The molecule has 0 atom stereocenters. The molecule has 3 aromatic rings. The zero-order valence-electron chi connectivity index (χ0n) is 19.4. The maximum absolute atomic E-state index is 12.1. The van der Waals surface area contributed by atoms with Crippen LogP contribution < -0.4 is 10.6 Å². The Hall–Kier alpha value is -3.42. The third-order valence-electron chi connectivity index (χ3n) is 4.90. The molecule has 0 fully saturated rings. The number of ether oxygens (including phenoxy) is 2. The monoisotopic (exact) mass is 438 g/mol. The minimum Gasteiger partial charge on any atom is -0.465 e. The molecule has 0 radical (unpaired) electrons. The molecule has 3 rings (SSSR count). The van der Waals surface area contributed by atoms with Crippen molar-refractivity contribution in [3.8, 4) is 0 Å². The Morgan fingerprint density at radius 3 is 2.47 bits per heavy atom. The fraction of sp³-hybridized carbons (Fsp3) is 0.417. The fourth-order valence-electron chi connectivity index (χ4n) is 3.36. The molecule has 170 valence electrons. The van der Waals surface area contributed by atoms with Crippen molar-refractivity contribution in [3.63, 3.8) is 0 Å². The first-order chi connectivity index (χ1) is 15.0. The van der Waals surface area contributed by atoms with E-state index in [0.29, 0.717) is 29.9 Å². The zero-order chi connectivity index (χ0) is 23.5. The number of alkyl carbamates (subject to hydrolysis) is 1. The predicted molar refractivity (Wildman–Crippen MR) is 125 cm³/mol. The van der Waals surface area contributed by atoms with Gasteiger partial charge in [-0.1, -0.05) is 6.07 Å². The van der Waals surface area contributed by atoms with Crippen molar-refractivity contribution in [2.24, 2.45) is 0 Å². The van der Waals surface area contributed by atoms with Crippen molar-refractivity contribution in [1.29, 1.82) is 0 Å². The summed E-state index contributed by atoms with van der Waals surface area (Å²) in [6, 6.07) is 7.20. The van der Waals surface area contributed by atoms with E-state index in [4.69, 9.17) is 14.5 Å². The average molecular weight is 439 g/mol.